The maximum Gasteiger partial charge on any atom is 0.473 e. The van der Waals surface area contributed by atoms with E-state index in [-0.39, 0.29) is 0 Å². The Morgan fingerprint density at radius 3 is 0.784 bits per heavy atom. The van der Waals surface area contributed by atoms with Crippen LogP contribution in [0.25, 0.3) is 0 Å². The van der Waals surface area contributed by atoms with Crippen molar-refractivity contribution in [1.82, 2.24) is 0 Å². The van der Waals surface area contributed by atoms with E-state index >= 15 is 0 Å². The fourth-order valence-electron chi connectivity index (χ4n) is 2.98. The third-order valence-electron chi connectivity index (χ3n) is 6.11. The Morgan fingerprint density at radius 2 is 0.588 bits per heavy atom. The van der Waals surface area contributed by atoms with Crippen molar-refractivity contribution in [2.45, 2.75) is 104 Å². The predicted octanol–water partition coefficient (Wildman–Crippen LogP) is 10.7. The Labute approximate surface area is 259 Å². The largest absolute Gasteiger partial charge is 0.473 e. The zero-order chi connectivity index (χ0) is 42.3. The Balaban J connectivity index is 7.51. The molecule has 0 saturated heterocycles. The van der Waals surface area contributed by atoms with Gasteiger partial charge in [0.25, 0.3) is 0 Å². The molecule has 0 fully saturated rings. The number of esters is 1. The van der Waals surface area contributed by atoms with E-state index < -0.39 is 101 Å². The molecule has 31 heteroatoms. The molecule has 0 heterocycles. The number of halogens is 29. The van der Waals surface area contributed by atoms with Gasteiger partial charge in [-0.2, -0.15) is 127 Å². The van der Waals surface area contributed by atoms with Crippen LogP contribution in [0, 0.1) is 0 Å². The van der Waals surface area contributed by atoms with Gasteiger partial charge < -0.3 is 4.74 Å². The second-order valence-corrected chi connectivity index (χ2v) is 9.59. The average molecular weight is 832 g/mol. The molecule has 0 unspecified atom stereocenters. The minimum Gasteiger partial charge on any atom is -0.393 e. The lowest BCUT2D eigenvalue weighted by Crippen LogP contribution is -2.79. The molecular formula is C20H9F29O2. The van der Waals surface area contributed by atoms with Crippen molar-refractivity contribution in [3.63, 3.8) is 0 Å². The second kappa shape index (κ2) is 12.4. The predicted molar refractivity (Wildman–Crippen MR) is 101 cm³/mol. The van der Waals surface area contributed by atoms with Gasteiger partial charge in [-0.1, -0.05) is 13.0 Å². The number of carbonyl (C=O) groups is 1. The molecule has 0 aromatic rings. The molecule has 0 saturated carbocycles. The molecule has 0 amide bonds. The number of alkyl halides is 29. The van der Waals surface area contributed by atoms with Crippen molar-refractivity contribution >= 4 is 5.97 Å². The fourth-order valence-corrected chi connectivity index (χ4v) is 2.98. The van der Waals surface area contributed by atoms with E-state index in [1.54, 1.807) is 0 Å². The highest BCUT2D eigenvalue weighted by molar-refractivity contribution is 5.87. The van der Waals surface area contributed by atoms with Crippen LogP contribution in [0.1, 0.15) is 20.3 Å². The Bertz CT molecular complexity index is 1320. The highest BCUT2D eigenvalue weighted by Gasteiger charge is 3.01. The smallest absolute Gasteiger partial charge is 0.393 e. The summed E-state index contributed by atoms with van der Waals surface area (Å²) in [7, 11) is 0. The summed E-state index contributed by atoms with van der Waals surface area (Å²) in [6, 6.07) is 0. The van der Waals surface area contributed by atoms with Crippen LogP contribution in [0.2, 0.25) is 0 Å². The summed E-state index contributed by atoms with van der Waals surface area (Å²) in [5.41, 5.74) is -1.34. The van der Waals surface area contributed by atoms with Gasteiger partial charge in [0.1, 0.15) is 0 Å². The highest BCUT2D eigenvalue weighted by atomic mass is 19.4. The second-order valence-electron chi connectivity index (χ2n) is 9.59. The quantitative estimate of drug-likeness (QED) is 0.0934. The lowest BCUT2D eigenvalue weighted by atomic mass is 9.84. The Morgan fingerprint density at radius 1 is 0.392 bits per heavy atom. The monoisotopic (exact) mass is 832 g/mol. The summed E-state index contributed by atoms with van der Waals surface area (Å²) >= 11 is 0. The van der Waals surface area contributed by atoms with Crippen molar-refractivity contribution in [2.24, 2.45) is 0 Å². The topological polar surface area (TPSA) is 26.3 Å². The summed E-state index contributed by atoms with van der Waals surface area (Å²) in [4.78, 5) is 11.3. The summed E-state index contributed by atoms with van der Waals surface area (Å²) in [5.74, 6) is -117. The van der Waals surface area contributed by atoms with Crippen LogP contribution in [0.15, 0.2) is 11.6 Å². The summed E-state index contributed by atoms with van der Waals surface area (Å²) < 4.78 is 393. The third-order valence-corrected chi connectivity index (χ3v) is 6.11. The molecule has 0 aliphatic rings. The maximum atomic E-state index is 13.9. The molecule has 0 aliphatic heterocycles. The molecule has 0 radical (unpaired) electrons. The first kappa shape index (κ1) is 48.2. The molecule has 51 heavy (non-hydrogen) atoms. The van der Waals surface area contributed by atoms with E-state index in [2.05, 4.69) is 4.74 Å². The van der Waals surface area contributed by atoms with Gasteiger partial charge in [-0.15, -0.1) is 0 Å². The van der Waals surface area contributed by atoms with E-state index in [4.69, 9.17) is 0 Å². The first-order valence-electron chi connectivity index (χ1n) is 11.5. The van der Waals surface area contributed by atoms with Gasteiger partial charge in [-0.3, -0.25) is 0 Å². The maximum absolute atomic E-state index is 13.9. The van der Waals surface area contributed by atoms with Gasteiger partial charge in [0, 0.05) is 5.57 Å². The molecule has 0 rings (SSSR count). The number of ether oxygens (including phenoxy) is 1. The number of hydrogen-bond donors (Lipinski definition) is 0. The fraction of sp³-hybridized carbons (Fsp3) is 0.850. The van der Waals surface area contributed by atoms with Crippen molar-refractivity contribution in [3.05, 3.63) is 11.6 Å². The molecule has 0 atom stereocenters. The van der Waals surface area contributed by atoms with Crippen LogP contribution in [-0.4, -0.2) is 89.3 Å². The number of allylic oxidation sites excluding steroid dienone is 1. The van der Waals surface area contributed by atoms with Gasteiger partial charge in [-0.05, 0) is 13.3 Å². The highest BCUT2D eigenvalue weighted by Crippen LogP contribution is 2.69. The Hall–Kier alpha value is -2.82. The summed E-state index contributed by atoms with van der Waals surface area (Å²) in [5, 5.41) is 0. The van der Waals surface area contributed by atoms with Gasteiger partial charge in [0.05, 0.1) is 0 Å². The van der Waals surface area contributed by atoms with E-state index in [1.807, 2.05) is 0 Å². The number of carbonyl (C=O) groups excluding carboxylic acids is 1. The SMILES string of the molecule is CCC=C(C)C(=O)OC(F)(F)C(F)(F)C(F)(F)C(F)(F)C(F)(F)C(F)(F)C(F)(F)C(F)(F)C(F)(F)C(F)(F)C(F)(F)C(F)(F)C(F)(F)C(F)(F)F. The van der Waals surface area contributed by atoms with Gasteiger partial charge in [0.2, 0.25) is 0 Å². The third kappa shape index (κ3) is 6.05. The molecule has 304 valence electrons. The average Bonchev–Trinajstić information content (AvgIpc) is 2.90. The zero-order valence-electron chi connectivity index (χ0n) is 23.1. The van der Waals surface area contributed by atoms with Gasteiger partial charge >= 0.3 is 89.3 Å². The summed E-state index contributed by atoms with van der Waals surface area (Å²) in [6.45, 7) is 1.30. The van der Waals surface area contributed by atoms with E-state index in [0.717, 1.165) is 6.92 Å². The van der Waals surface area contributed by atoms with Crippen molar-refractivity contribution in [2.75, 3.05) is 0 Å². The van der Waals surface area contributed by atoms with Crippen LogP contribution in [-0.2, 0) is 9.53 Å². The van der Waals surface area contributed by atoms with Crippen LogP contribution in [0.3, 0.4) is 0 Å². The van der Waals surface area contributed by atoms with E-state index in [1.165, 1.54) is 0 Å². The zero-order valence-corrected chi connectivity index (χ0v) is 23.1. The first-order valence-corrected chi connectivity index (χ1v) is 11.5. The normalized spacial score (nSPS) is 16.8. The molecular weight excluding hydrogens is 823 g/mol. The Kier molecular flexibility index (Phi) is 11.7. The molecule has 0 aromatic carbocycles. The van der Waals surface area contributed by atoms with Crippen molar-refractivity contribution in [3.8, 4) is 0 Å². The van der Waals surface area contributed by atoms with Crippen LogP contribution < -0.4 is 0 Å². The standard InChI is InChI=1S/C20H9F29O2/c1-3-4-5(2)6(50)51-20(48,49)18(43,44)16(39,40)14(35,36)12(31,32)10(27,28)8(23,24)7(21,22)9(25,26)11(29,30)13(33,34)15(37,38)17(41,42)19(45,46)47/h4H,3H2,1-2H3. The molecule has 0 N–H and O–H groups in total. The van der Waals surface area contributed by atoms with E-state index in [9.17, 15) is 132 Å². The molecule has 0 bridgehead atoms. The minimum atomic E-state index is -9.99. The lowest BCUT2D eigenvalue weighted by Gasteiger charge is -2.46. The van der Waals surface area contributed by atoms with Gasteiger partial charge in [0.15, 0.2) is 0 Å². The molecule has 0 aliphatic carbocycles. The van der Waals surface area contributed by atoms with Crippen LogP contribution in [0.4, 0.5) is 127 Å². The van der Waals surface area contributed by atoms with E-state index in [0.29, 0.717) is 13.0 Å². The lowest BCUT2D eigenvalue weighted by molar-refractivity contribution is -0.491. The van der Waals surface area contributed by atoms with Crippen molar-refractivity contribution in [1.29, 1.82) is 0 Å². The van der Waals surface area contributed by atoms with Crippen molar-refractivity contribution < 1.29 is 137 Å². The van der Waals surface area contributed by atoms with Gasteiger partial charge in [-0.25, -0.2) is 4.79 Å². The first-order chi connectivity index (χ1) is 21.6. The van der Waals surface area contributed by atoms with Crippen LogP contribution >= 0.6 is 0 Å². The number of rotatable bonds is 15. The minimum absolute atomic E-state index is 0.294. The van der Waals surface area contributed by atoms with Crippen LogP contribution in [0.5, 0.6) is 0 Å². The molecule has 2 nitrogen and oxygen atoms in total. The summed E-state index contributed by atoms with van der Waals surface area (Å²) in [6.07, 6.45) is -16.1. The number of hydrogen-bond acceptors (Lipinski definition) is 2. The molecule has 0 spiro atoms. The molecule has 0 aromatic heterocycles.